The first-order chi connectivity index (χ1) is 7.36. The molecule has 2 N–H and O–H groups in total. The van der Waals surface area contributed by atoms with Crippen molar-refractivity contribution in [3.05, 3.63) is 28.2 Å². The Kier molecular flexibility index (Phi) is 4.58. The predicted octanol–water partition coefficient (Wildman–Crippen LogP) is 1.65. The van der Waals surface area contributed by atoms with Gasteiger partial charge in [0.25, 0.3) is 0 Å². The van der Waals surface area contributed by atoms with Crippen LogP contribution in [0.25, 0.3) is 0 Å². The molecule has 1 rings (SSSR count). The molecule has 4 nitrogen and oxygen atoms in total. The van der Waals surface area contributed by atoms with Gasteiger partial charge in [-0.2, -0.15) is 0 Å². The number of hydrogen-bond acceptors (Lipinski definition) is 3. The van der Waals surface area contributed by atoms with Crippen molar-refractivity contribution < 1.29 is 13.5 Å². The summed E-state index contributed by atoms with van der Waals surface area (Å²) in [7, 11) is -3.66. The van der Waals surface area contributed by atoms with Crippen molar-refractivity contribution >= 4 is 33.2 Å². The van der Waals surface area contributed by atoms with Gasteiger partial charge in [-0.05, 0) is 25.1 Å². The van der Waals surface area contributed by atoms with E-state index in [1.165, 1.54) is 18.2 Å². The standard InChI is InChI=1S/C9H11Cl2NO3S/c1-6(5-13)12-16(14,15)7-2-3-8(10)9(11)4-7/h2-4,6,12-13H,5H2,1H3/t6-/m1/s1. The lowest BCUT2D eigenvalue weighted by molar-refractivity contribution is 0.265. The average Bonchev–Trinajstić information content (AvgIpc) is 2.21. The van der Waals surface area contributed by atoms with Gasteiger partial charge in [0, 0.05) is 6.04 Å². The van der Waals surface area contributed by atoms with E-state index in [0.717, 1.165) is 0 Å². The second-order valence-electron chi connectivity index (χ2n) is 3.28. The lowest BCUT2D eigenvalue weighted by Gasteiger charge is -2.11. The zero-order valence-electron chi connectivity index (χ0n) is 8.44. The maximum atomic E-state index is 11.7. The van der Waals surface area contributed by atoms with Gasteiger partial charge in [-0.1, -0.05) is 23.2 Å². The first kappa shape index (κ1) is 13.7. The van der Waals surface area contributed by atoms with Crippen LogP contribution in [-0.2, 0) is 10.0 Å². The highest BCUT2D eigenvalue weighted by atomic mass is 35.5. The van der Waals surface area contributed by atoms with Gasteiger partial charge in [-0.3, -0.25) is 0 Å². The molecule has 7 heteroatoms. The first-order valence-electron chi connectivity index (χ1n) is 4.45. The smallest absolute Gasteiger partial charge is 0.240 e. The van der Waals surface area contributed by atoms with E-state index in [4.69, 9.17) is 28.3 Å². The van der Waals surface area contributed by atoms with Gasteiger partial charge in [0.05, 0.1) is 21.5 Å². The molecule has 0 aliphatic carbocycles. The topological polar surface area (TPSA) is 66.4 Å². The minimum atomic E-state index is -3.66. The van der Waals surface area contributed by atoms with Crippen molar-refractivity contribution in [2.45, 2.75) is 17.9 Å². The maximum absolute atomic E-state index is 11.7. The third-order valence-electron chi connectivity index (χ3n) is 1.83. The Hall–Kier alpha value is -0.330. The van der Waals surface area contributed by atoms with Gasteiger partial charge in [-0.25, -0.2) is 13.1 Å². The summed E-state index contributed by atoms with van der Waals surface area (Å²) >= 11 is 11.4. The molecule has 0 saturated carbocycles. The van der Waals surface area contributed by atoms with Gasteiger partial charge in [0.2, 0.25) is 10.0 Å². The molecule has 0 spiro atoms. The summed E-state index contributed by atoms with van der Waals surface area (Å²) in [4.78, 5) is 0.0159. The number of benzene rings is 1. The van der Waals surface area contributed by atoms with E-state index in [2.05, 4.69) is 4.72 Å². The molecular weight excluding hydrogens is 273 g/mol. The highest BCUT2D eigenvalue weighted by molar-refractivity contribution is 7.89. The van der Waals surface area contributed by atoms with Crippen molar-refractivity contribution in [2.75, 3.05) is 6.61 Å². The number of halogens is 2. The number of hydrogen-bond donors (Lipinski definition) is 2. The molecule has 0 bridgehead atoms. The maximum Gasteiger partial charge on any atom is 0.240 e. The summed E-state index contributed by atoms with van der Waals surface area (Å²) in [5, 5.41) is 9.23. The second kappa shape index (κ2) is 5.33. The van der Waals surface area contributed by atoms with Crippen LogP contribution in [0.5, 0.6) is 0 Å². The minimum Gasteiger partial charge on any atom is -0.395 e. The lowest BCUT2D eigenvalue weighted by Crippen LogP contribution is -2.34. The molecule has 0 fully saturated rings. The number of aliphatic hydroxyl groups is 1. The van der Waals surface area contributed by atoms with Crippen LogP contribution in [0.1, 0.15) is 6.92 Å². The molecule has 0 amide bonds. The van der Waals surface area contributed by atoms with Crippen LogP contribution in [0.2, 0.25) is 10.0 Å². The Morgan fingerprint density at radius 1 is 1.38 bits per heavy atom. The molecule has 0 unspecified atom stereocenters. The van der Waals surface area contributed by atoms with Crippen molar-refractivity contribution in [2.24, 2.45) is 0 Å². The Balaban J connectivity index is 3.03. The van der Waals surface area contributed by atoms with Gasteiger partial charge in [0.1, 0.15) is 0 Å². The van der Waals surface area contributed by atoms with E-state index in [1.54, 1.807) is 6.92 Å². The predicted molar refractivity (Wildman–Crippen MR) is 63.3 cm³/mol. The van der Waals surface area contributed by atoms with Crippen LogP contribution in [0.3, 0.4) is 0 Å². The van der Waals surface area contributed by atoms with Crippen LogP contribution in [-0.4, -0.2) is 26.2 Å². The van der Waals surface area contributed by atoms with Crippen LogP contribution in [0.15, 0.2) is 23.1 Å². The Morgan fingerprint density at radius 3 is 2.50 bits per heavy atom. The van der Waals surface area contributed by atoms with Gasteiger partial charge >= 0.3 is 0 Å². The third-order valence-corrected chi connectivity index (χ3v) is 4.16. The molecular formula is C9H11Cl2NO3S. The van der Waals surface area contributed by atoms with E-state index in [-0.39, 0.29) is 21.5 Å². The summed E-state index contributed by atoms with van der Waals surface area (Å²) in [6.45, 7) is 1.27. The number of nitrogens with one attached hydrogen (secondary N) is 1. The minimum absolute atomic E-state index is 0.0159. The van der Waals surface area contributed by atoms with Crippen molar-refractivity contribution in [3.63, 3.8) is 0 Å². The fraction of sp³-hybridized carbons (Fsp3) is 0.333. The van der Waals surface area contributed by atoms with Crippen LogP contribution < -0.4 is 4.72 Å². The number of sulfonamides is 1. The molecule has 1 atom stereocenters. The third kappa shape index (κ3) is 3.33. The van der Waals surface area contributed by atoms with Gasteiger partial charge < -0.3 is 5.11 Å². The van der Waals surface area contributed by atoms with Gasteiger partial charge in [-0.15, -0.1) is 0 Å². The zero-order valence-corrected chi connectivity index (χ0v) is 10.8. The highest BCUT2D eigenvalue weighted by Crippen LogP contribution is 2.24. The Bertz CT molecular complexity index is 476. The van der Waals surface area contributed by atoms with Crippen LogP contribution in [0.4, 0.5) is 0 Å². The molecule has 90 valence electrons. The largest absolute Gasteiger partial charge is 0.395 e. The SMILES string of the molecule is C[C@H](CO)NS(=O)(=O)c1ccc(Cl)c(Cl)c1. The number of aliphatic hydroxyl groups excluding tert-OH is 1. The van der Waals surface area contributed by atoms with Crippen LogP contribution in [0, 0.1) is 0 Å². The average molecular weight is 284 g/mol. The molecule has 0 aromatic heterocycles. The number of rotatable bonds is 4. The Labute approximate surface area is 104 Å². The van der Waals surface area contributed by atoms with Crippen molar-refractivity contribution in [3.8, 4) is 0 Å². The molecule has 0 radical (unpaired) electrons. The fourth-order valence-electron chi connectivity index (χ4n) is 1.01. The van der Waals surface area contributed by atoms with E-state index in [0.29, 0.717) is 0 Å². The monoisotopic (exact) mass is 283 g/mol. The molecule has 0 saturated heterocycles. The van der Waals surface area contributed by atoms with E-state index < -0.39 is 16.1 Å². The summed E-state index contributed by atoms with van der Waals surface area (Å²) < 4.78 is 25.8. The van der Waals surface area contributed by atoms with Gasteiger partial charge in [0.15, 0.2) is 0 Å². The summed E-state index contributed by atoms with van der Waals surface area (Å²) in [6.07, 6.45) is 0. The Morgan fingerprint density at radius 2 is 2.00 bits per heavy atom. The molecule has 16 heavy (non-hydrogen) atoms. The normalized spacial score (nSPS) is 13.8. The van der Waals surface area contributed by atoms with Crippen molar-refractivity contribution in [1.29, 1.82) is 0 Å². The summed E-state index contributed by atoms with van der Waals surface area (Å²) in [5.74, 6) is 0. The first-order valence-corrected chi connectivity index (χ1v) is 6.69. The van der Waals surface area contributed by atoms with Crippen LogP contribution >= 0.6 is 23.2 Å². The highest BCUT2D eigenvalue weighted by Gasteiger charge is 2.17. The van der Waals surface area contributed by atoms with E-state index in [1.807, 2.05) is 0 Å². The second-order valence-corrected chi connectivity index (χ2v) is 5.81. The van der Waals surface area contributed by atoms with E-state index in [9.17, 15) is 8.42 Å². The quantitative estimate of drug-likeness (QED) is 0.883. The molecule has 1 aromatic rings. The molecule has 0 aliphatic rings. The summed E-state index contributed by atoms with van der Waals surface area (Å²) in [5.41, 5.74) is 0. The van der Waals surface area contributed by atoms with Crippen molar-refractivity contribution in [1.82, 2.24) is 4.72 Å². The zero-order chi connectivity index (χ0) is 12.3. The fourth-order valence-corrected chi connectivity index (χ4v) is 2.64. The summed E-state index contributed by atoms with van der Waals surface area (Å²) in [6, 6.07) is 3.46. The molecule has 0 heterocycles. The molecule has 1 aromatic carbocycles. The lowest BCUT2D eigenvalue weighted by atomic mass is 10.4. The van der Waals surface area contributed by atoms with E-state index >= 15 is 0 Å². The molecule has 0 aliphatic heterocycles.